The van der Waals surface area contributed by atoms with Crippen LogP contribution in [0.5, 0.6) is 5.75 Å². The van der Waals surface area contributed by atoms with Crippen LogP contribution in [0.3, 0.4) is 0 Å². The first-order valence-electron chi connectivity index (χ1n) is 7.38. The Hall–Kier alpha value is -2.04. The lowest BCUT2D eigenvalue weighted by molar-refractivity contribution is -0.152. The number of benzene rings is 1. The van der Waals surface area contributed by atoms with Crippen molar-refractivity contribution in [1.29, 1.82) is 0 Å². The van der Waals surface area contributed by atoms with E-state index in [0.717, 1.165) is 18.6 Å². The maximum atomic E-state index is 12.1. The van der Waals surface area contributed by atoms with E-state index in [1.807, 2.05) is 30.3 Å². The van der Waals surface area contributed by atoms with E-state index in [1.54, 1.807) is 0 Å². The van der Waals surface area contributed by atoms with Gasteiger partial charge in [0, 0.05) is 13.0 Å². The Labute approximate surface area is 124 Å². The van der Waals surface area contributed by atoms with Crippen LogP contribution in [-0.4, -0.2) is 41.1 Å². The lowest BCUT2D eigenvalue weighted by Crippen LogP contribution is -2.47. The molecule has 0 radical (unpaired) electrons. The lowest BCUT2D eigenvalue weighted by Gasteiger charge is -2.33. The number of likely N-dealkylation sites (tertiary alicyclic amines) is 1. The second kappa shape index (κ2) is 7.67. The molecule has 1 aliphatic heterocycles. The number of rotatable bonds is 6. The molecule has 1 amide bonds. The van der Waals surface area contributed by atoms with Crippen LogP contribution in [0.4, 0.5) is 0 Å². The molecule has 1 aliphatic rings. The first-order chi connectivity index (χ1) is 10.2. The van der Waals surface area contributed by atoms with Crippen LogP contribution in [0.15, 0.2) is 30.3 Å². The SMILES string of the molecule is O=C(O)C1CCCCN1C(=O)CCCOc1ccccc1. The highest BCUT2D eigenvalue weighted by atomic mass is 16.5. The van der Waals surface area contributed by atoms with Gasteiger partial charge in [-0.3, -0.25) is 4.79 Å². The summed E-state index contributed by atoms with van der Waals surface area (Å²) in [5.74, 6) is -0.200. The summed E-state index contributed by atoms with van der Waals surface area (Å²) in [5.41, 5.74) is 0. The zero-order valence-corrected chi connectivity index (χ0v) is 12.0. The minimum absolute atomic E-state index is 0.0845. The highest BCUT2D eigenvalue weighted by Gasteiger charge is 2.31. The molecular formula is C16H21NO4. The molecule has 5 heteroatoms. The molecule has 1 atom stereocenters. The van der Waals surface area contributed by atoms with E-state index < -0.39 is 12.0 Å². The molecule has 0 bridgehead atoms. The van der Waals surface area contributed by atoms with Gasteiger partial charge in [-0.1, -0.05) is 18.2 Å². The zero-order valence-electron chi connectivity index (χ0n) is 12.0. The number of carboxylic acids is 1. The molecule has 1 heterocycles. The van der Waals surface area contributed by atoms with Gasteiger partial charge >= 0.3 is 5.97 Å². The van der Waals surface area contributed by atoms with Crippen molar-refractivity contribution in [2.45, 2.75) is 38.1 Å². The van der Waals surface area contributed by atoms with Crippen molar-refractivity contribution in [2.24, 2.45) is 0 Å². The van der Waals surface area contributed by atoms with Crippen molar-refractivity contribution < 1.29 is 19.4 Å². The third-order valence-corrected chi connectivity index (χ3v) is 3.66. The van der Waals surface area contributed by atoms with Crippen LogP contribution in [-0.2, 0) is 9.59 Å². The number of amides is 1. The standard InChI is InChI=1S/C16H21NO4/c18-15(17-11-5-4-9-14(17)16(19)20)10-6-12-21-13-7-2-1-3-8-13/h1-3,7-8,14H,4-6,9-12H2,(H,19,20). The second-order valence-electron chi connectivity index (χ2n) is 5.20. The van der Waals surface area contributed by atoms with Crippen molar-refractivity contribution in [2.75, 3.05) is 13.2 Å². The van der Waals surface area contributed by atoms with E-state index in [-0.39, 0.29) is 5.91 Å². The average Bonchev–Trinajstić information content (AvgIpc) is 2.52. The molecule has 0 saturated carbocycles. The molecule has 2 rings (SSSR count). The summed E-state index contributed by atoms with van der Waals surface area (Å²) in [5, 5.41) is 9.16. The van der Waals surface area contributed by atoms with Gasteiger partial charge in [0.1, 0.15) is 11.8 Å². The summed E-state index contributed by atoms with van der Waals surface area (Å²) < 4.78 is 5.53. The minimum Gasteiger partial charge on any atom is -0.494 e. The maximum Gasteiger partial charge on any atom is 0.326 e. The van der Waals surface area contributed by atoms with Crippen LogP contribution in [0, 0.1) is 0 Å². The van der Waals surface area contributed by atoms with Crippen LogP contribution in [0.1, 0.15) is 32.1 Å². The van der Waals surface area contributed by atoms with Gasteiger partial charge in [0.05, 0.1) is 6.61 Å². The Kier molecular flexibility index (Phi) is 5.60. The molecule has 1 aromatic carbocycles. The number of hydrogen-bond acceptors (Lipinski definition) is 3. The Morgan fingerprint density at radius 1 is 1.24 bits per heavy atom. The van der Waals surface area contributed by atoms with Crippen LogP contribution < -0.4 is 4.74 Å². The smallest absolute Gasteiger partial charge is 0.326 e. The number of hydrogen-bond donors (Lipinski definition) is 1. The van der Waals surface area contributed by atoms with Gasteiger partial charge in [-0.2, -0.15) is 0 Å². The Morgan fingerprint density at radius 3 is 2.71 bits per heavy atom. The number of para-hydroxylation sites is 1. The summed E-state index contributed by atoms with van der Waals surface area (Å²) in [7, 11) is 0. The monoisotopic (exact) mass is 291 g/mol. The number of ether oxygens (including phenoxy) is 1. The molecule has 21 heavy (non-hydrogen) atoms. The van der Waals surface area contributed by atoms with Crippen molar-refractivity contribution >= 4 is 11.9 Å². The molecule has 0 aliphatic carbocycles. The fourth-order valence-corrected chi connectivity index (χ4v) is 2.56. The largest absolute Gasteiger partial charge is 0.494 e. The van der Waals surface area contributed by atoms with E-state index in [9.17, 15) is 9.59 Å². The molecule has 5 nitrogen and oxygen atoms in total. The van der Waals surface area contributed by atoms with Crippen molar-refractivity contribution in [3.05, 3.63) is 30.3 Å². The summed E-state index contributed by atoms with van der Waals surface area (Å²) in [6, 6.07) is 8.79. The fourth-order valence-electron chi connectivity index (χ4n) is 2.56. The highest BCUT2D eigenvalue weighted by molar-refractivity contribution is 5.83. The summed E-state index contributed by atoms with van der Waals surface area (Å²) >= 11 is 0. The molecule has 114 valence electrons. The van der Waals surface area contributed by atoms with Crippen molar-refractivity contribution in [3.8, 4) is 5.75 Å². The quantitative estimate of drug-likeness (QED) is 0.817. The van der Waals surface area contributed by atoms with E-state index in [1.165, 1.54) is 4.90 Å². The predicted octanol–water partition coefficient (Wildman–Crippen LogP) is 2.31. The van der Waals surface area contributed by atoms with E-state index in [4.69, 9.17) is 9.84 Å². The fraction of sp³-hybridized carbons (Fsp3) is 0.500. The third-order valence-electron chi connectivity index (χ3n) is 3.66. The van der Waals surface area contributed by atoms with Crippen LogP contribution in [0.2, 0.25) is 0 Å². The third kappa shape index (κ3) is 4.48. The first-order valence-corrected chi connectivity index (χ1v) is 7.38. The van der Waals surface area contributed by atoms with Gasteiger partial charge in [0.25, 0.3) is 0 Å². The van der Waals surface area contributed by atoms with Gasteiger partial charge < -0.3 is 14.7 Å². The summed E-state index contributed by atoms with van der Waals surface area (Å²) in [6.07, 6.45) is 3.24. The second-order valence-corrected chi connectivity index (χ2v) is 5.20. The molecule has 0 aromatic heterocycles. The Morgan fingerprint density at radius 2 is 2.00 bits per heavy atom. The molecular weight excluding hydrogens is 270 g/mol. The van der Waals surface area contributed by atoms with Gasteiger partial charge in [0.15, 0.2) is 0 Å². The van der Waals surface area contributed by atoms with Crippen LogP contribution >= 0.6 is 0 Å². The zero-order chi connectivity index (χ0) is 15.1. The van der Waals surface area contributed by atoms with E-state index in [0.29, 0.717) is 32.4 Å². The van der Waals surface area contributed by atoms with Gasteiger partial charge in [-0.05, 0) is 37.8 Å². The number of carbonyl (C=O) groups is 2. The topological polar surface area (TPSA) is 66.8 Å². The number of nitrogens with zero attached hydrogens (tertiary/aromatic N) is 1. The first kappa shape index (κ1) is 15.4. The molecule has 0 spiro atoms. The predicted molar refractivity (Wildman–Crippen MR) is 78.2 cm³/mol. The summed E-state index contributed by atoms with van der Waals surface area (Å²) in [6.45, 7) is 1.01. The Balaban J connectivity index is 1.74. The molecule has 1 N–H and O–H groups in total. The Bertz CT molecular complexity index is 474. The maximum absolute atomic E-state index is 12.1. The molecule has 1 saturated heterocycles. The minimum atomic E-state index is -0.899. The van der Waals surface area contributed by atoms with Gasteiger partial charge in [-0.15, -0.1) is 0 Å². The van der Waals surface area contributed by atoms with Crippen LogP contribution in [0.25, 0.3) is 0 Å². The van der Waals surface area contributed by atoms with Gasteiger partial charge in [0.2, 0.25) is 5.91 Å². The van der Waals surface area contributed by atoms with E-state index in [2.05, 4.69) is 0 Å². The lowest BCUT2D eigenvalue weighted by atomic mass is 10.0. The average molecular weight is 291 g/mol. The number of carbonyl (C=O) groups excluding carboxylic acids is 1. The number of piperidine rings is 1. The highest BCUT2D eigenvalue weighted by Crippen LogP contribution is 2.18. The molecule has 1 fully saturated rings. The number of aliphatic carboxylic acids is 1. The summed E-state index contributed by atoms with van der Waals surface area (Å²) in [4.78, 5) is 24.8. The van der Waals surface area contributed by atoms with Crippen molar-refractivity contribution in [3.63, 3.8) is 0 Å². The number of carboxylic acid groups (broad SMARTS) is 1. The van der Waals surface area contributed by atoms with Gasteiger partial charge in [-0.25, -0.2) is 4.79 Å². The van der Waals surface area contributed by atoms with Crippen molar-refractivity contribution in [1.82, 2.24) is 4.90 Å². The normalized spacial score (nSPS) is 18.3. The molecule has 1 aromatic rings. The molecule has 1 unspecified atom stereocenters. The van der Waals surface area contributed by atoms with E-state index >= 15 is 0 Å².